The van der Waals surface area contributed by atoms with Gasteiger partial charge in [0.1, 0.15) is 0 Å². The largest absolute Gasteiger partial charge is 0.416 e. The lowest BCUT2D eigenvalue weighted by atomic mass is 10.0. The Bertz CT molecular complexity index is 555. The lowest BCUT2D eigenvalue weighted by Crippen LogP contribution is -2.38. The minimum atomic E-state index is -4.34. The van der Waals surface area contributed by atoms with E-state index in [9.17, 15) is 18.0 Å². The highest BCUT2D eigenvalue weighted by Crippen LogP contribution is 2.29. The van der Waals surface area contributed by atoms with E-state index in [0.717, 1.165) is 17.7 Å². The molecule has 1 fully saturated rings. The van der Waals surface area contributed by atoms with Gasteiger partial charge in [-0.2, -0.15) is 13.2 Å². The first-order valence-electron chi connectivity index (χ1n) is 6.66. The second kappa shape index (κ2) is 5.89. The van der Waals surface area contributed by atoms with Crippen molar-refractivity contribution in [3.63, 3.8) is 0 Å². The highest BCUT2D eigenvalue weighted by molar-refractivity contribution is 5.94. The molecule has 1 atom stereocenters. The molecular formula is C15H17F3N2O. The van der Waals surface area contributed by atoms with Gasteiger partial charge in [0.2, 0.25) is 5.91 Å². The van der Waals surface area contributed by atoms with Crippen LogP contribution in [0.15, 0.2) is 35.4 Å². The predicted octanol–water partition coefficient (Wildman–Crippen LogP) is 2.80. The standard InChI is InChI=1S/C15H17F3N2O/c1-9(12-7-19-8-12)14(21)20-10(2)11-3-5-13(6-4-11)15(16,17)18/h3-6,10,19H,7-8H2,1-2H3,(H,20,21). The lowest BCUT2D eigenvalue weighted by Gasteiger charge is -2.23. The molecule has 1 amide bonds. The van der Waals surface area contributed by atoms with Crippen LogP contribution in [0.3, 0.4) is 0 Å². The first kappa shape index (κ1) is 15.6. The number of nitrogens with one attached hydrogen (secondary N) is 2. The highest BCUT2D eigenvalue weighted by Gasteiger charge is 2.30. The fraction of sp³-hybridized carbons (Fsp3) is 0.400. The summed E-state index contributed by atoms with van der Waals surface area (Å²) in [6.45, 7) is 4.93. The topological polar surface area (TPSA) is 41.1 Å². The zero-order valence-corrected chi connectivity index (χ0v) is 11.8. The zero-order valence-electron chi connectivity index (χ0n) is 11.8. The Hall–Kier alpha value is -1.82. The Morgan fingerprint density at radius 1 is 1.24 bits per heavy atom. The number of benzene rings is 1. The third-order valence-electron chi connectivity index (χ3n) is 3.63. The van der Waals surface area contributed by atoms with E-state index in [1.54, 1.807) is 13.8 Å². The van der Waals surface area contributed by atoms with Crippen LogP contribution < -0.4 is 10.6 Å². The molecule has 1 aliphatic heterocycles. The molecule has 1 saturated heterocycles. The average Bonchev–Trinajstić information content (AvgIpc) is 2.35. The number of carbonyl (C=O) groups excluding carboxylic acids is 1. The van der Waals surface area contributed by atoms with Gasteiger partial charge in [0.15, 0.2) is 0 Å². The van der Waals surface area contributed by atoms with Crippen molar-refractivity contribution in [3.05, 3.63) is 46.5 Å². The Morgan fingerprint density at radius 2 is 1.81 bits per heavy atom. The molecule has 0 saturated carbocycles. The zero-order chi connectivity index (χ0) is 15.6. The quantitative estimate of drug-likeness (QED) is 0.843. The third-order valence-corrected chi connectivity index (χ3v) is 3.63. The molecule has 1 unspecified atom stereocenters. The van der Waals surface area contributed by atoms with E-state index < -0.39 is 11.7 Å². The summed E-state index contributed by atoms with van der Waals surface area (Å²) in [7, 11) is 0. The van der Waals surface area contributed by atoms with Gasteiger partial charge in [-0.05, 0) is 37.1 Å². The molecule has 1 aromatic carbocycles. The van der Waals surface area contributed by atoms with Crippen molar-refractivity contribution >= 4 is 5.91 Å². The highest BCUT2D eigenvalue weighted by atomic mass is 19.4. The molecule has 3 nitrogen and oxygen atoms in total. The van der Waals surface area contributed by atoms with Gasteiger partial charge < -0.3 is 10.6 Å². The lowest BCUT2D eigenvalue weighted by molar-refractivity contribution is -0.137. The van der Waals surface area contributed by atoms with Crippen molar-refractivity contribution in [2.45, 2.75) is 26.1 Å². The fourth-order valence-corrected chi connectivity index (χ4v) is 2.02. The number of alkyl halides is 3. The Balaban J connectivity index is 2.03. The van der Waals surface area contributed by atoms with E-state index >= 15 is 0 Å². The summed E-state index contributed by atoms with van der Waals surface area (Å²) in [5, 5.41) is 5.86. The van der Waals surface area contributed by atoms with Crippen LogP contribution in [-0.4, -0.2) is 19.0 Å². The van der Waals surface area contributed by atoms with Crippen molar-refractivity contribution in [1.82, 2.24) is 10.6 Å². The number of hydrogen-bond donors (Lipinski definition) is 2. The van der Waals surface area contributed by atoms with Crippen LogP contribution in [0.1, 0.15) is 31.0 Å². The van der Waals surface area contributed by atoms with Crippen LogP contribution in [0.25, 0.3) is 0 Å². The van der Waals surface area contributed by atoms with Crippen molar-refractivity contribution in [2.75, 3.05) is 13.1 Å². The first-order valence-corrected chi connectivity index (χ1v) is 6.66. The molecule has 1 heterocycles. The van der Waals surface area contributed by atoms with E-state index in [-0.39, 0.29) is 11.9 Å². The minimum absolute atomic E-state index is 0.182. The summed E-state index contributed by atoms with van der Waals surface area (Å²) in [4.78, 5) is 12.0. The van der Waals surface area contributed by atoms with E-state index in [1.165, 1.54) is 12.1 Å². The van der Waals surface area contributed by atoms with E-state index in [1.807, 2.05) is 0 Å². The molecule has 21 heavy (non-hydrogen) atoms. The summed E-state index contributed by atoms with van der Waals surface area (Å²) in [6, 6.07) is 4.49. The second-order valence-corrected chi connectivity index (χ2v) is 5.15. The molecule has 1 aliphatic rings. The van der Waals surface area contributed by atoms with Crippen LogP contribution in [-0.2, 0) is 11.0 Å². The van der Waals surface area contributed by atoms with Crippen LogP contribution >= 0.6 is 0 Å². The molecule has 6 heteroatoms. The number of hydrogen-bond acceptors (Lipinski definition) is 2. The summed E-state index contributed by atoms with van der Waals surface area (Å²) >= 11 is 0. The third kappa shape index (κ3) is 3.64. The molecule has 2 rings (SSSR count). The Kier molecular flexibility index (Phi) is 4.37. The molecule has 0 radical (unpaired) electrons. The number of carbonyl (C=O) groups is 1. The van der Waals surface area contributed by atoms with Crippen LogP contribution in [0, 0.1) is 0 Å². The SMILES string of the molecule is CC(C(=O)NC(C)c1ccc(C(F)(F)F)cc1)=C1CNC1. The van der Waals surface area contributed by atoms with Gasteiger partial charge in [-0.1, -0.05) is 12.1 Å². The first-order chi connectivity index (χ1) is 9.79. The monoisotopic (exact) mass is 298 g/mol. The normalized spacial score (nSPS) is 16.1. The molecular weight excluding hydrogens is 281 g/mol. The van der Waals surface area contributed by atoms with Gasteiger partial charge in [-0.3, -0.25) is 4.79 Å². The second-order valence-electron chi connectivity index (χ2n) is 5.15. The van der Waals surface area contributed by atoms with E-state index in [2.05, 4.69) is 10.6 Å². The van der Waals surface area contributed by atoms with Crippen molar-refractivity contribution in [1.29, 1.82) is 0 Å². The minimum Gasteiger partial charge on any atom is -0.346 e. The maximum absolute atomic E-state index is 12.5. The fourth-order valence-electron chi connectivity index (χ4n) is 2.02. The van der Waals surface area contributed by atoms with Gasteiger partial charge in [-0.15, -0.1) is 0 Å². The van der Waals surface area contributed by atoms with Gasteiger partial charge >= 0.3 is 6.18 Å². The molecule has 1 aromatic rings. The summed E-state index contributed by atoms with van der Waals surface area (Å²) in [5.74, 6) is -0.182. The number of halogens is 3. The van der Waals surface area contributed by atoms with Gasteiger partial charge in [0, 0.05) is 18.7 Å². The number of rotatable bonds is 3. The Morgan fingerprint density at radius 3 is 2.24 bits per heavy atom. The van der Waals surface area contributed by atoms with Crippen molar-refractivity contribution in [3.8, 4) is 0 Å². The summed E-state index contributed by atoms with van der Waals surface area (Å²) in [5.41, 5.74) is 1.68. The van der Waals surface area contributed by atoms with Crippen LogP contribution in [0.4, 0.5) is 13.2 Å². The van der Waals surface area contributed by atoms with E-state index in [0.29, 0.717) is 24.2 Å². The van der Waals surface area contributed by atoms with Gasteiger partial charge in [-0.25, -0.2) is 0 Å². The van der Waals surface area contributed by atoms with Gasteiger partial charge in [0.05, 0.1) is 11.6 Å². The van der Waals surface area contributed by atoms with Gasteiger partial charge in [0.25, 0.3) is 0 Å². The van der Waals surface area contributed by atoms with Crippen molar-refractivity contribution in [2.24, 2.45) is 0 Å². The molecule has 0 spiro atoms. The molecule has 0 bridgehead atoms. The van der Waals surface area contributed by atoms with E-state index in [4.69, 9.17) is 0 Å². The van der Waals surface area contributed by atoms with Crippen LogP contribution in [0.5, 0.6) is 0 Å². The molecule has 2 N–H and O–H groups in total. The smallest absolute Gasteiger partial charge is 0.346 e. The molecule has 0 aromatic heterocycles. The molecule has 114 valence electrons. The predicted molar refractivity (Wildman–Crippen MR) is 73.6 cm³/mol. The van der Waals surface area contributed by atoms with Crippen LogP contribution in [0.2, 0.25) is 0 Å². The maximum atomic E-state index is 12.5. The summed E-state index contributed by atoms with van der Waals surface area (Å²) < 4.78 is 37.5. The molecule has 0 aliphatic carbocycles. The average molecular weight is 298 g/mol. The maximum Gasteiger partial charge on any atom is 0.416 e. The van der Waals surface area contributed by atoms with Crippen molar-refractivity contribution < 1.29 is 18.0 Å². The number of amides is 1. The summed E-state index contributed by atoms with van der Waals surface area (Å²) in [6.07, 6.45) is -4.34. The Labute approximate surface area is 121 Å².